The van der Waals surface area contributed by atoms with Gasteiger partial charge < -0.3 is 20.3 Å². The predicted molar refractivity (Wildman–Crippen MR) is 102 cm³/mol. The molecular weight excluding hydrogens is 349 g/mol. The molecule has 2 heterocycles. The highest BCUT2D eigenvalue weighted by molar-refractivity contribution is 5.93. The molecule has 6 nitrogen and oxygen atoms in total. The minimum atomic E-state index is -1.28. The van der Waals surface area contributed by atoms with Gasteiger partial charge in [0, 0.05) is 36.3 Å². The van der Waals surface area contributed by atoms with Gasteiger partial charge in [-0.2, -0.15) is 0 Å². The highest BCUT2D eigenvalue weighted by Gasteiger charge is 2.34. The van der Waals surface area contributed by atoms with E-state index in [0.717, 1.165) is 19.3 Å². The number of benzene rings is 1. The fraction of sp³-hybridized carbons (Fsp3) is 0.500. The van der Waals surface area contributed by atoms with E-state index in [9.17, 15) is 19.1 Å². The zero-order valence-electron chi connectivity index (χ0n) is 15.5. The summed E-state index contributed by atoms with van der Waals surface area (Å²) in [5.41, 5.74) is 5.98. The molecule has 1 aliphatic heterocycles. The average molecular weight is 373 g/mol. The maximum Gasteiger partial charge on any atom is 0.341 e. The molecule has 2 aliphatic rings. The maximum absolute atomic E-state index is 14.9. The third kappa shape index (κ3) is 3.10. The number of carbonyl (C=O) groups is 1. The lowest BCUT2D eigenvalue weighted by Gasteiger charge is -2.27. The predicted octanol–water partition coefficient (Wildman–Crippen LogP) is 2.74. The van der Waals surface area contributed by atoms with Crippen LogP contribution in [0.25, 0.3) is 10.9 Å². The molecule has 1 saturated heterocycles. The Bertz CT molecular complexity index is 989. The van der Waals surface area contributed by atoms with E-state index in [4.69, 9.17) is 5.73 Å². The number of carboxylic acid groups (broad SMARTS) is 1. The molecule has 0 spiro atoms. The van der Waals surface area contributed by atoms with E-state index in [2.05, 4.69) is 0 Å². The van der Waals surface area contributed by atoms with Crippen molar-refractivity contribution in [3.63, 3.8) is 0 Å². The number of halogens is 1. The topological polar surface area (TPSA) is 88.6 Å². The van der Waals surface area contributed by atoms with Crippen molar-refractivity contribution in [1.29, 1.82) is 0 Å². The molecule has 0 radical (unpaired) electrons. The summed E-state index contributed by atoms with van der Waals surface area (Å²) in [7, 11) is 0. The molecule has 1 atom stereocenters. The Labute approximate surface area is 156 Å². The number of hydrogen-bond acceptors (Lipinski definition) is 4. The van der Waals surface area contributed by atoms with Crippen LogP contribution < -0.4 is 16.1 Å². The molecule has 4 rings (SSSR count). The summed E-state index contributed by atoms with van der Waals surface area (Å²) in [6.45, 7) is 5.33. The first-order chi connectivity index (χ1) is 12.7. The molecule has 27 heavy (non-hydrogen) atoms. The monoisotopic (exact) mass is 373 g/mol. The number of carboxylic acids is 1. The van der Waals surface area contributed by atoms with Crippen molar-refractivity contribution in [2.45, 2.75) is 44.7 Å². The summed E-state index contributed by atoms with van der Waals surface area (Å²) in [4.78, 5) is 25.9. The second-order valence-corrected chi connectivity index (χ2v) is 8.39. The van der Waals surface area contributed by atoms with E-state index in [0.29, 0.717) is 24.3 Å². The van der Waals surface area contributed by atoms with Crippen molar-refractivity contribution in [3.05, 3.63) is 39.9 Å². The third-order valence-electron chi connectivity index (χ3n) is 5.85. The van der Waals surface area contributed by atoms with E-state index in [1.54, 1.807) is 6.07 Å². The number of aromatic carboxylic acids is 1. The van der Waals surface area contributed by atoms with Gasteiger partial charge >= 0.3 is 5.97 Å². The summed E-state index contributed by atoms with van der Waals surface area (Å²) in [6.07, 6.45) is 4.14. The van der Waals surface area contributed by atoms with Crippen molar-refractivity contribution in [3.8, 4) is 0 Å². The number of anilines is 1. The Morgan fingerprint density at radius 1 is 1.30 bits per heavy atom. The molecule has 1 aliphatic carbocycles. The molecular formula is C20H24FN3O3. The normalized spacial score (nSPS) is 20.4. The SMILES string of the molecule is CC(C)(N)[C@H]1CCN(c2cc3c(cc2F)c(=O)c(C(=O)O)cn3C2CC2)C1. The largest absolute Gasteiger partial charge is 0.477 e. The number of pyridine rings is 1. The van der Waals surface area contributed by atoms with Crippen molar-refractivity contribution < 1.29 is 14.3 Å². The lowest BCUT2D eigenvalue weighted by molar-refractivity contribution is 0.0695. The summed E-state index contributed by atoms with van der Waals surface area (Å²) in [5, 5.41) is 9.45. The Morgan fingerprint density at radius 3 is 2.56 bits per heavy atom. The fourth-order valence-corrected chi connectivity index (χ4v) is 3.99. The Hall–Kier alpha value is -2.41. The number of nitrogens with two attached hydrogens (primary N) is 1. The van der Waals surface area contributed by atoms with Crippen LogP contribution in [0.4, 0.5) is 10.1 Å². The number of rotatable bonds is 4. The molecule has 0 amide bonds. The molecule has 0 bridgehead atoms. The number of fused-ring (bicyclic) bond motifs is 1. The van der Waals surface area contributed by atoms with Crippen molar-refractivity contribution in [2.75, 3.05) is 18.0 Å². The highest BCUT2D eigenvalue weighted by Crippen LogP contribution is 2.39. The lowest BCUT2D eigenvalue weighted by atomic mass is 9.88. The van der Waals surface area contributed by atoms with E-state index < -0.39 is 17.2 Å². The van der Waals surface area contributed by atoms with Crippen LogP contribution >= 0.6 is 0 Å². The molecule has 1 aromatic heterocycles. The summed E-state index contributed by atoms with van der Waals surface area (Å²) in [6, 6.07) is 3.06. The van der Waals surface area contributed by atoms with Crippen LogP contribution in [0.15, 0.2) is 23.1 Å². The van der Waals surface area contributed by atoms with Crippen molar-refractivity contribution >= 4 is 22.6 Å². The van der Waals surface area contributed by atoms with Gasteiger partial charge in [0.05, 0.1) is 11.2 Å². The van der Waals surface area contributed by atoms with Crippen LogP contribution in [0.1, 0.15) is 49.5 Å². The van der Waals surface area contributed by atoms with Crippen molar-refractivity contribution in [2.24, 2.45) is 11.7 Å². The van der Waals surface area contributed by atoms with Crippen LogP contribution in [0.5, 0.6) is 0 Å². The molecule has 2 fully saturated rings. The Morgan fingerprint density at radius 2 is 2.00 bits per heavy atom. The molecule has 1 saturated carbocycles. The van der Waals surface area contributed by atoms with Gasteiger partial charge in [0.2, 0.25) is 5.43 Å². The van der Waals surface area contributed by atoms with E-state index in [1.165, 1.54) is 12.3 Å². The maximum atomic E-state index is 14.9. The van der Waals surface area contributed by atoms with E-state index in [1.807, 2.05) is 23.3 Å². The summed E-state index contributed by atoms with van der Waals surface area (Å²) in [5.74, 6) is -1.53. The summed E-state index contributed by atoms with van der Waals surface area (Å²) >= 11 is 0. The average Bonchev–Trinajstić information content (AvgIpc) is 3.29. The molecule has 3 N–H and O–H groups in total. The van der Waals surface area contributed by atoms with Gasteiger partial charge in [-0.15, -0.1) is 0 Å². The Kier molecular flexibility index (Phi) is 4.03. The van der Waals surface area contributed by atoms with Crippen LogP contribution in [-0.4, -0.2) is 34.3 Å². The second-order valence-electron chi connectivity index (χ2n) is 8.39. The number of hydrogen-bond donors (Lipinski definition) is 2. The van der Waals surface area contributed by atoms with Crippen LogP contribution in [0.3, 0.4) is 0 Å². The first-order valence-corrected chi connectivity index (χ1v) is 9.32. The van der Waals surface area contributed by atoms with E-state index in [-0.39, 0.29) is 28.4 Å². The second kappa shape index (κ2) is 6.05. The smallest absolute Gasteiger partial charge is 0.341 e. The van der Waals surface area contributed by atoms with Gasteiger partial charge in [-0.05, 0) is 51.2 Å². The zero-order chi connectivity index (χ0) is 19.5. The van der Waals surface area contributed by atoms with Gasteiger partial charge in [-0.1, -0.05) is 0 Å². The van der Waals surface area contributed by atoms with Crippen LogP contribution in [0, 0.1) is 11.7 Å². The van der Waals surface area contributed by atoms with Crippen LogP contribution in [-0.2, 0) is 0 Å². The molecule has 0 unspecified atom stereocenters. The standard InChI is InChI=1S/C20H24FN3O3/c1-20(2,22)11-5-6-23(9-11)17-8-16-13(7-15(17)21)18(25)14(19(26)27)10-24(16)12-3-4-12/h7-8,10-12H,3-6,9,22H2,1-2H3,(H,26,27)/t11-/m0/s1. The van der Waals surface area contributed by atoms with Crippen molar-refractivity contribution in [1.82, 2.24) is 4.57 Å². The molecule has 7 heteroatoms. The Balaban J connectivity index is 1.84. The first kappa shape index (κ1) is 18.0. The third-order valence-corrected chi connectivity index (χ3v) is 5.85. The van der Waals surface area contributed by atoms with Gasteiger partial charge in [0.1, 0.15) is 11.4 Å². The zero-order valence-corrected chi connectivity index (χ0v) is 15.5. The summed E-state index contributed by atoms with van der Waals surface area (Å²) < 4.78 is 16.7. The van der Waals surface area contributed by atoms with E-state index >= 15 is 0 Å². The lowest BCUT2D eigenvalue weighted by Crippen LogP contribution is -2.42. The number of nitrogens with zero attached hydrogens (tertiary/aromatic N) is 2. The minimum absolute atomic E-state index is 0.123. The van der Waals surface area contributed by atoms with Gasteiger partial charge in [0.15, 0.2) is 0 Å². The van der Waals surface area contributed by atoms with Gasteiger partial charge in [-0.25, -0.2) is 9.18 Å². The first-order valence-electron chi connectivity index (χ1n) is 9.32. The quantitative estimate of drug-likeness (QED) is 0.860. The highest BCUT2D eigenvalue weighted by atomic mass is 19.1. The number of aromatic nitrogens is 1. The molecule has 1 aromatic carbocycles. The van der Waals surface area contributed by atoms with Crippen LogP contribution in [0.2, 0.25) is 0 Å². The molecule has 144 valence electrons. The fourth-order valence-electron chi connectivity index (χ4n) is 3.99. The minimum Gasteiger partial charge on any atom is -0.477 e. The molecule has 2 aromatic rings. The van der Waals surface area contributed by atoms with Gasteiger partial charge in [0.25, 0.3) is 0 Å². The van der Waals surface area contributed by atoms with Gasteiger partial charge in [-0.3, -0.25) is 4.79 Å².